The maximum Gasteiger partial charge on any atom is 0.175 e. The van der Waals surface area contributed by atoms with E-state index in [1.54, 1.807) is 10.9 Å². The lowest BCUT2D eigenvalue weighted by Gasteiger charge is -2.03. The number of aryl methyl sites for hydroxylation is 2. The standard InChI is InChI=1S/C11H14N4/c1-8-3-5-9(6-4-8)13-11-10(12)7-15(2)14-11/h3-7H,12H2,1-2H3,(H,13,14). The third-order valence-corrected chi connectivity index (χ3v) is 2.17. The Kier molecular flexibility index (Phi) is 2.33. The monoisotopic (exact) mass is 202 g/mol. The van der Waals surface area contributed by atoms with Gasteiger partial charge in [-0.1, -0.05) is 17.7 Å². The second kappa shape index (κ2) is 3.65. The molecule has 4 nitrogen and oxygen atoms in total. The van der Waals surface area contributed by atoms with Gasteiger partial charge in [0.1, 0.15) is 0 Å². The number of rotatable bonds is 2. The molecule has 78 valence electrons. The van der Waals surface area contributed by atoms with Gasteiger partial charge in [0.05, 0.1) is 5.69 Å². The molecule has 2 rings (SSSR count). The highest BCUT2D eigenvalue weighted by Crippen LogP contribution is 2.20. The van der Waals surface area contributed by atoms with Gasteiger partial charge >= 0.3 is 0 Å². The Bertz CT molecular complexity index is 456. The molecule has 0 saturated heterocycles. The SMILES string of the molecule is Cc1ccc(Nc2nn(C)cc2N)cc1. The van der Waals surface area contributed by atoms with E-state index < -0.39 is 0 Å². The fraction of sp³-hybridized carbons (Fsp3) is 0.182. The molecule has 0 amide bonds. The van der Waals surface area contributed by atoms with Crippen LogP contribution in [0.4, 0.5) is 17.2 Å². The summed E-state index contributed by atoms with van der Waals surface area (Å²) < 4.78 is 1.69. The van der Waals surface area contributed by atoms with Crippen molar-refractivity contribution in [2.24, 2.45) is 7.05 Å². The Labute approximate surface area is 88.7 Å². The van der Waals surface area contributed by atoms with Crippen molar-refractivity contribution in [1.82, 2.24) is 9.78 Å². The number of hydrogen-bond acceptors (Lipinski definition) is 3. The minimum absolute atomic E-state index is 0.651. The van der Waals surface area contributed by atoms with Crippen LogP contribution in [0.2, 0.25) is 0 Å². The highest BCUT2D eigenvalue weighted by molar-refractivity contribution is 5.67. The van der Waals surface area contributed by atoms with Crippen molar-refractivity contribution >= 4 is 17.2 Å². The zero-order chi connectivity index (χ0) is 10.8. The number of nitrogens with one attached hydrogen (secondary N) is 1. The van der Waals surface area contributed by atoms with Crippen LogP contribution in [0.3, 0.4) is 0 Å². The van der Waals surface area contributed by atoms with Gasteiger partial charge in [-0.2, -0.15) is 5.10 Å². The topological polar surface area (TPSA) is 55.9 Å². The molecule has 3 N–H and O–H groups in total. The molecule has 0 aliphatic rings. The summed E-state index contributed by atoms with van der Waals surface area (Å²) in [4.78, 5) is 0. The molecule has 1 aromatic heterocycles. The molecule has 1 aromatic carbocycles. The summed E-state index contributed by atoms with van der Waals surface area (Å²) >= 11 is 0. The van der Waals surface area contributed by atoms with Crippen LogP contribution in [0.5, 0.6) is 0 Å². The second-order valence-electron chi connectivity index (χ2n) is 3.60. The van der Waals surface area contributed by atoms with Crippen LogP contribution in [-0.2, 0) is 7.05 Å². The molecule has 0 saturated carbocycles. The van der Waals surface area contributed by atoms with Gasteiger partial charge < -0.3 is 11.1 Å². The second-order valence-corrected chi connectivity index (χ2v) is 3.60. The van der Waals surface area contributed by atoms with E-state index in [0.29, 0.717) is 11.5 Å². The van der Waals surface area contributed by atoms with E-state index in [0.717, 1.165) is 5.69 Å². The van der Waals surface area contributed by atoms with E-state index >= 15 is 0 Å². The molecular formula is C11H14N4. The van der Waals surface area contributed by atoms with Crippen LogP contribution in [0.15, 0.2) is 30.5 Å². The molecule has 0 fully saturated rings. The minimum Gasteiger partial charge on any atom is -0.394 e. The first-order valence-electron chi connectivity index (χ1n) is 4.78. The summed E-state index contributed by atoms with van der Waals surface area (Å²) in [7, 11) is 1.84. The molecule has 0 atom stereocenters. The molecule has 1 heterocycles. The quantitative estimate of drug-likeness (QED) is 0.783. The van der Waals surface area contributed by atoms with E-state index in [9.17, 15) is 0 Å². The Morgan fingerprint density at radius 1 is 1.27 bits per heavy atom. The van der Waals surface area contributed by atoms with Crippen molar-refractivity contribution in [1.29, 1.82) is 0 Å². The molecule has 2 aromatic rings. The lowest BCUT2D eigenvalue weighted by Crippen LogP contribution is -1.95. The summed E-state index contributed by atoms with van der Waals surface area (Å²) in [5.41, 5.74) is 8.65. The van der Waals surface area contributed by atoms with E-state index in [2.05, 4.69) is 17.3 Å². The van der Waals surface area contributed by atoms with Gasteiger partial charge in [-0.3, -0.25) is 4.68 Å². The molecule has 4 heteroatoms. The summed E-state index contributed by atoms with van der Waals surface area (Å²) in [6.07, 6.45) is 1.77. The van der Waals surface area contributed by atoms with Crippen molar-refractivity contribution in [3.63, 3.8) is 0 Å². The first-order chi connectivity index (χ1) is 7.15. The maximum absolute atomic E-state index is 5.77. The molecule has 0 aliphatic heterocycles. The molecular weight excluding hydrogens is 188 g/mol. The van der Waals surface area contributed by atoms with Gasteiger partial charge in [-0.05, 0) is 19.1 Å². The van der Waals surface area contributed by atoms with E-state index in [4.69, 9.17) is 5.73 Å². The fourth-order valence-corrected chi connectivity index (χ4v) is 1.38. The number of nitrogens with two attached hydrogens (primary N) is 1. The van der Waals surface area contributed by atoms with Crippen LogP contribution in [-0.4, -0.2) is 9.78 Å². The normalized spacial score (nSPS) is 10.3. The van der Waals surface area contributed by atoms with Crippen LogP contribution in [0, 0.1) is 6.92 Å². The van der Waals surface area contributed by atoms with Crippen LogP contribution < -0.4 is 11.1 Å². The third-order valence-electron chi connectivity index (χ3n) is 2.17. The predicted octanol–water partition coefficient (Wildman–Crippen LogP) is 2.05. The van der Waals surface area contributed by atoms with Crippen LogP contribution in [0.25, 0.3) is 0 Å². The molecule has 0 radical (unpaired) electrons. The number of nitrogen functional groups attached to an aromatic ring is 1. The minimum atomic E-state index is 0.651. The van der Waals surface area contributed by atoms with Crippen molar-refractivity contribution in [3.8, 4) is 0 Å². The Morgan fingerprint density at radius 2 is 1.93 bits per heavy atom. The van der Waals surface area contributed by atoms with Crippen molar-refractivity contribution in [2.75, 3.05) is 11.1 Å². The number of hydrogen-bond donors (Lipinski definition) is 2. The first-order valence-corrected chi connectivity index (χ1v) is 4.78. The molecule has 0 bridgehead atoms. The average molecular weight is 202 g/mol. The third kappa shape index (κ3) is 2.10. The smallest absolute Gasteiger partial charge is 0.175 e. The van der Waals surface area contributed by atoms with Gasteiger partial charge in [0.15, 0.2) is 5.82 Å². The van der Waals surface area contributed by atoms with Crippen molar-refractivity contribution in [3.05, 3.63) is 36.0 Å². The molecule has 0 aliphatic carbocycles. The highest BCUT2D eigenvalue weighted by Gasteiger charge is 2.03. The van der Waals surface area contributed by atoms with Crippen molar-refractivity contribution < 1.29 is 0 Å². The fourth-order valence-electron chi connectivity index (χ4n) is 1.38. The van der Waals surface area contributed by atoms with Gasteiger partial charge in [0.25, 0.3) is 0 Å². The van der Waals surface area contributed by atoms with Crippen molar-refractivity contribution in [2.45, 2.75) is 6.92 Å². The van der Waals surface area contributed by atoms with Gasteiger partial charge in [0, 0.05) is 18.9 Å². The van der Waals surface area contributed by atoms with Gasteiger partial charge in [-0.15, -0.1) is 0 Å². The largest absolute Gasteiger partial charge is 0.394 e. The number of nitrogens with zero attached hydrogens (tertiary/aromatic N) is 2. The Balaban J connectivity index is 2.21. The highest BCUT2D eigenvalue weighted by atomic mass is 15.3. The summed E-state index contributed by atoms with van der Waals surface area (Å²) in [5.74, 6) is 0.696. The first kappa shape index (κ1) is 9.58. The number of aromatic nitrogens is 2. The van der Waals surface area contributed by atoms with Crippen LogP contribution >= 0.6 is 0 Å². The van der Waals surface area contributed by atoms with E-state index in [1.165, 1.54) is 5.56 Å². The van der Waals surface area contributed by atoms with Gasteiger partial charge in [0.2, 0.25) is 0 Å². The Hall–Kier alpha value is -1.97. The average Bonchev–Trinajstić information content (AvgIpc) is 2.49. The van der Waals surface area contributed by atoms with Crippen LogP contribution in [0.1, 0.15) is 5.56 Å². The van der Waals surface area contributed by atoms with E-state index in [1.807, 2.05) is 31.3 Å². The zero-order valence-electron chi connectivity index (χ0n) is 8.86. The zero-order valence-corrected chi connectivity index (χ0v) is 8.86. The number of anilines is 3. The predicted molar refractivity (Wildman–Crippen MR) is 62.1 cm³/mol. The lowest BCUT2D eigenvalue weighted by atomic mass is 10.2. The summed E-state index contributed by atoms with van der Waals surface area (Å²) in [5, 5.41) is 7.37. The summed E-state index contributed by atoms with van der Waals surface area (Å²) in [6, 6.07) is 8.09. The maximum atomic E-state index is 5.77. The number of benzene rings is 1. The molecule has 0 unspecified atom stereocenters. The van der Waals surface area contributed by atoms with E-state index in [-0.39, 0.29) is 0 Å². The lowest BCUT2D eigenvalue weighted by molar-refractivity contribution is 0.771. The Morgan fingerprint density at radius 3 is 2.47 bits per heavy atom. The van der Waals surface area contributed by atoms with Gasteiger partial charge in [-0.25, -0.2) is 0 Å². The molecule has 15 heavy (non-hydrogen) atoms. The summed E-state index contributed by atoms with van der Waals surface area (Å²) in [6.45, 7) is 2.05. The molecule has 0 spiro atoms.